The van der Waals surface area contributed by atoms with Crippen molar-refractivity contribution >= 4 is 67.6 Å². The van der Waals surface area contributed by atoms with Crippen LogP contribution in [-0.2, 0) is 11.0 Å². The molecule has 6 nitrogen and oxygen atoms in total. The Morgan fingerprint density at radius 2 is 1.93 bits per heavy atom. The normalized spacial score (nSPS) is 11.0. The number of aromatic nitrogens is 3. The molecule has 3 aromatic heterocycles. The topological polar surface area (TPSA) is 93.8 Å². The molecule has 0 saturated carbocycles. The molecule has 9 heteroatoms. The Bertz CT molecular complexity index is 1200. The predicted molar refractivity (Wildman–Crippen MR) is 125 cm³/mol. The zero-order valence-corrected chi connectivity index (χ0v) is 18.8. The van der Waals surface area contributed by atoms with Gasteiger partial charge in [-0.3, -0.25) is 9.78 Å². The lowest BCUT2D eigenvalue weighted by atomic mass is 10.1. The average molecular weight is 536 g/mol. The van der Waals surface area contributed by atoms with Gasteiger partial charge in [-0.05, 0) is 35.4 Å². The molecule has 0 fully saturated rings. The fourth-order valence-corrected chi connectivity index (χ4v) is 4.58. The molecule has 0 spiro atoms. The summed E-state index contributed by atoms with van der Waals surface area (Å²) in [5, 5.41) is 4.26. The smallest absolute Gasteiger partial charge is 0.261 e. The number of thiophene rings is 1. The van der Waals surface area contributed by atoms with Gasteiger partial charge in [-0.15, -0.1) is 11.3 Å². The second kappa shape index (κ2) is 8.60. The van der Waals surface area contributed by atoms with Gasteiger partial charge < -0.3 is 11.1 Å². The van der Waals surface area contributed by atoms with Crippen LogP contribution in [0.25, 0.3) is 21.5 Å². The number of nitrogens with zero attached hydrogens (tertiary/aromatic N) is 3. The van der Waals surface area contributed by atoms with Gasteiger partial charge >= 0.3 is 0 Å². The maximum Gasteiger partial charge on any atom is 0.261 e. The molecule has 0 aliphatic heterocycles. The number of nitrogens with two attached hydrogens (primary N) is 1. The van der Waals surface area contributed by atoms with Gasteiger partial charge in [0.1, 0.15) is 4.83 Å². The van der Waals surface area contributed by atoms with E-state index < -0.39 is 0 Å². The van der Waals surface area contributed by atoms with E-state index in [4.69, 9.17) is 17.3 Å². The molecule has 3 N–H and O–H groups in total. The maximum absolute atomic E-state index is 12.6. The van der Waals surface area contributed by atoms with Crippen LogP contribution in [0.15, 0.2) is 48.8 Å². The number of carbonyl (C=O) groups excluding carboxylic acids is 1. The van der Waals surface area contributed by atoms with E-state index >= 15 is 0 Å². The third-order valence-electron chi connectivity index (χ3n) is 4.28. The van der Waals surface area contributed by atoms with Crippen LogP contribution in [0.1, 0.15) is 20.8 Å². The number of benzene rings is 1. The Kier molecular flexibility index (Phi) is 5.93. The molecule has 0 aliphatic carbocycles. The van der Waals surface area contributed by atoms with E-state index in [1.807, 2.05) is 30.3 Å². The van der Waals surface area contributed by atoms with Crippen molar-refractivity contribution in [2.45, 2.75) is 11.0 Å². The summed E-state index contributed by atoms with van der Waals surface area (Å²) in [6, 6.07) is 11.4. The molecule has 4 rings (SSSR count). The van der Waals surface area contributed by atoms with Crippen molar-refractivity contribution < 1.29 is 4.79 Å². The fraction of sp³-hybridized carbons (Fsp3) is 0.100. The van der Waals surface area contributed by atoms with E-state index in [1.54, 1.807) is 18.5 Å². The summed E-state index contributed by atoms with van der Waals surface area (Å²) >= 11 is 10.1. The van der Waals surface area contributed by atoms with Crippen molar-refractivity contribution in [3.05, 3.63) is 69.8 Å². The Hall–Kier alpha value is -2.30. The number of hydrogen-bond acceptors (Lipinski definition) is 6. The summed E-state index contributed by atoms with van der Waals surface area (Å²) in [4.78, 5) is 26.5. The van der Waals surface area contributed by atoms with Gasteiger partial charge in [-0.2, -0.15) is 0 Å². The van der Waals surface area contributed by atoms with Crippen LogP contribution in [-0.4, -0.2) is 20.9 Å². The number of hydrogen-bond donors (Lipinski definition) is 2. The molecule has 0 bridgehead atoms. The Morgan fingerprint density at radius 1 is 1.14 bits per heavy atom. The third kappa shape index (κ3) is 4.34. The fourth-order valence-electron chi connectivity index (χ4n) is 2.86. The lowest BCUT2D eigenvalue weighted by Crippen LogP contribution is -2.21. The standard InChI is InChI=1S/C20H15ClIN5OS/c21-15-7-12(9-22)1-2-13(15)17-14-8-16(29-19(14)27-20(23)26-17)18(28)25-10-11-3-5-24-6-4-11/h1-8H,9-10H2,(H,25,28)(H2,23,26,27). The molecule has 1 amide bonds. The van der Waals surface area contributed by atoms with Crippen molar-refractivity contribution in [3.63, 3.8) is 0 Å². The van der Waals surface area contributed by atoms with Crippen molar-refractivity contribution in [2.24, 2.45) is 0 Å². The van der Waals surface area contributed by atoms with E-state index in [0.717, 1.165) is 26.5 Å². The Labute approximate surface area is 189 Å². The van der Waals surface area contributed by atoms with E-state index in [9.17, 15) is 4.79 Å². The van der Waals surface area contributed by atoms with Crippen LogP contribution in [0.5, 0.6) is 0 Å². The quantitative estimate of drug-likeness (QED) is 0.281. The van der Waals surface area contributed by atoms with Crippen LogP contribution in [0.3, 0.4) is 0 Å². The molecule has 0 saturated heterocycles. The van der Waals surface area contributed by atoms with Gasteiger partial charge in [0.15, 0.2) is 0 Å². The molecule has 4 aromatic rings. The zero-order valence-electron chi connectivity index (χ0n) is 15.0. The summed E-state index contributed by atoms with van der Waals surface area (Å²) in [6.45, 7) is 0.417. The van der Waals surface area contributed by atoms with Gasteiger partial charge in [0.2, 0.25) is 5.95 Å². The van der Waals surface area contributed by atoms with Crippen molar-refractivity contribution in [3.8, 4) is 11.3 Å². The first kappa shape index (κ1) is 20.0. The van der Waals surface area contributed by atoms with Crippen LogP contribution in [0, 0.1) is 0 Å². The lowest BCUT2D eigenvalue weighted by molar-refractivity contribution is 0.0955. The molecule has 3 heterocycles. The number of rotatable bonds is 5. The first-order valence-electron chi connectivity index (χ1n) is 8.64. The number of halogens is 2. The first-order chi connectivity index (χ1) is 14.0. The first-order valence-corrected chi connectivity index (χ1v) is 11.4. The van der Waals surface area contributed by atoms with Crippen LogP contribution in [0.4, 0.5) is 5.95 Å². The van der Waals surface area contributed by atoms with Gasteiger partial charge in [0.05, 0.1) is 15.6 Å². The highest BCUT2D eigenvalue weighted by atomic mass is 127. The second-order valence-corrected chi connectivity index (χ2v) is 8.45. The van der Waals surface area contributed by atoms with Crippen LogP contribution >= 0.6 is 45.5 Å². The Morgan fingerprint density at radius 3 is 2.66 bits per heavy atom. The monoisotopic (exact) mass is 535 g/mol. The lowest BCUT2D eigenvalue weighted by Gasteiger charge is -2.07. The van der Waals surface area contributed by atoms with Crippen molar-refractivity contribution in [1.82, 2.24) is 20.3 Å². The maximum atomic E-state index is 12.6. The zero-order chi connectivity index (χ0) is 20.4. The highest BCUT2D eigenvalue weighted by molar-refractivity contribution is 14.1. The average Bonchev–Trinajstić information content (AvgIpc) is 3.16. The summed E-state index contributed by atoms with van der Waals surface area (Å²) in [5.41, 5.74) is 9.41. The largest absolute Gasteiger partial charge is 0.368 e. The van der Waals surface area contributed by atoms with E-state index in [-0.39, 0.29) is 11.9 Å². The molecule has 146 valence electrons. The number of nitrogen functional groups attached to an aromatic ring is 1. The molecule has 0 aliphatic rings. The van der Waals surface area contributed by atoms with Gasteiger partial charge in [0, 0.05) is 34.3 Å². The molecule has 0 atom stereocenters. The highest BCUT2D eigenvalue weighted by Crippen LogP contribution is 2.36. The molecule has 0 unspecified atom stereocenters. The summed E-state index contributed by atoms with van der Waals surface area (Å²) in [5.74, 6) is -0.0344. The summed E-state index contributed by atoms with van der Waals surface area (Å²) in [7, 11) is 0. The van der Waals surface area contributed by atoms with Crippen LogP contribution < -0.4 is 11.1 Å². The predicted octanol–water partition coefficient (Wildman–Crippen LogP) is 4.85. The minimum Gasteiger partial charge on any atom is -0.368 e. The number of pyridine rings is 1. The van der Waals surface area contributed by atoms with Gasteiger partial charge in [-0.25, -0.2) is 9.97 Å². The number of amides is 1. The minimum absolute atomic E-state index is 0.145. The number of alkyl halides is 1. The Balaban J connectivity index is 1.69. The highest BCUT2D eigenvalue weighted by Gasteiger charge is 2.18. The summed E-state index contributed by atoms with van der Waals surface area (Å²) < 4.78 is 0.860. The van der Waals surface area contributed by atoms with Crippen molar-refractivity contribution in [2.75, 3.05) is 5.73 Å². The molecule has 29 heavy (non-hydrogen) atoms. The molecular formula is C20H15ClIN5OS. The number of anilines is 1. The van der Waals surface area contributed by atoms with Crippen LogP contribution in [0.2, 0.25) is 5.02 Å². The van der Waals surface area contributed by atoms with Gasteiger partial charge in [0.25, 0.3) is 5.91 Å². The third-order valence-corrected chi connectivity index (χ3v) is 6.50. The number of fused-ring (bicyclic) bond motifs is 1. The number of carbonyl (C=O) groups is 1. The summed E-state index contributed by atoms with van der Waals surface area (Å²) in [6.07, 6.45) is 3.39. The minimum atomic E-state index is -0.180. The second-order valence-electron chi connectivity index (χ2n) is 6.25. The van der Waals surface area contributed by atoms with E-state index in [0.29, 0.717) is 27.0 Å². The SMILES string of the molecule is Nc1nc(-c2ccc(CI)cc2Cl)c2cc(C(=O)NCc3ccncc3)sc2n1. The molecular weight excluding hydrogens is 521 g/mol. The molecule has 0 radical (unpaired) electrons. The number of nitrogens with one attached hydrogen (secondary N) is 1. The van der Waals surface area contributed by atoms with E-state index in [1.165, 1.54) is 11.3 Å². The van der Waals surface area contributed by atoms with E-state index in [2.05, 4.69) is 42.9 Å². The van der Waals surface area contributed by atoms with Gasteiger partial charge in [-0.1, -0.05) is 46.3 Å². The van der Waals surface area contributed by atoms with Crippen molar-refractivity contribution in [1.29, 1.82) is 0 Å². The molecule has 1 aromatic carbocycles.